The normalized spacial score (nSPS) is 10.7. The smallest absolute Gasteiger partial charge is 0.126 e. The number of nitrogens with zero attached hydrogens (tertiary/aromatic N) is 1. The van der Waals surface area contributed by atoms with Gasteiger partial charge in [-0.25, -0.2) is 0 Å². The molecule has 0 bridgehead atoms. The van der Waals surface area contributed by atoms with Crippen LogP contribution in [0.4, 0.5) is 5.69 Å². The molecule has 4 nitrogen and oxygen atoms in total. The van der Waals surface area contributed by atoms with Crippen LogP contribution in [-0.4, -0.2) is 30.1 Å². The summed E-state index contributed by atoms with van der Waals surface area (Å²) in [6.45, 7) is 5.07. The zero-order chi connectivity index (χ0) is 13.7. The van der Waals surface area contributed by atoms with Crippen LogP contribution in [0.3, 0.4) is 0 Å². The molecule has 1 aromatic rings. The van der Waals surface area contributed by atoms with Gasteiger partial charge in [-0.15, -0.1) is 0 Å². The van der Waals surface area contributed by atoms with Crippen molar-refractivity contribution >= 4 is 27.5 Å². The van der Waals surface area contributed by atoms with Gasteiger partial charge in [0.15, 0.2) is 0 Å². The highest BCUT2D eigenvalue weighted by Gasteiger charge is 2.17. The van der Waals surface area contributed by atoms with Crippen molar-refractivity contribution in [2.45, 2.75) is 26.3 Å². The molecule has 0 fully saturated rings. The Kier molecular flexibility index (Phi) is 5.62. The molecule has 0 aliphatic heterocycles. The van der Waals surface area contributed by atoms with Gasteiger partial charge in [0.05, 0.1) is 5.56 Å². The van der Waals surface area contributed by atoms with Gasteiger partial charge < -0.3 is 15.7 Å². The number of anilines is 1. The van der Waals surface area contributed by atoms with Crippen LogP contribution >= 0.6 is 15.9 Å². The van der Waals surface area contributed by atoms with Gasteiger partial charge in [0.1, 0.15) is 5.84 Å². The van der Waals surface area contributed by atoms with Crippen molar-refractivity contribution in [2.24, 2.45) is 5.73 Å². The monoisotopic (exact) mass is 313 g/mol. The summed E-state index contributed by atoms with van der Waals surface area (Å²) in [6, 6.07) is 6.05. The summed E-state index contributed by atoms with van der Waals surface area (Å²) in [5.74, 6) is 0.0483. The van der Waals surface area contributed by atoms with Gasteiger partial charge in [-0.2, -0.15) is 0 Å². The van der Waals surface area contributed by atoms with E-state index in [1.165, 1.54) is 0 Å². The predicted octanol–water partition coefficient (Wildman–Crippen LogP) is 2.33. The molecule has 5 heteroatoms. The third-order valence-corrected chi connectivity index (χ3v) is 3.41. The summed E-state index contributed by atoms with van der Waals surface area (Å²) in [5.41, 5.74) is 7.30. The molecule has 0 aromatic heterocycles. The Bertz CT molecular complexity index is 421. The second-order valence-electron chi connectivity index (χ2n) is 4.41. The fraction of sp³-hybridized carbons (Fsp3) is 0.462. The van der Waals surface area contributed by atoms with Gasteiger partial charge in [0.25, 0.3) is 0 Å². The summed E-state index contributed by atoms with van der Waals surface area (Å²) >= 11 is 3.44. The van der Waals surface area contributed by atoms with Crippen molar-refractivity contribution in [2.75, 3.05) is 18.1 Å². The highest BCUT2D eigenvalue weighted by atomic mass is 79.9. The van der Waals surface area contributed by atoms with Crippen LogP contribution in [0.2, 0.25) is 0 Å². The number of amidine groups is 1. The molecule has 0 aliphatic rings. The zero-order valence-electron chi connectivity index (χ0n) is 10.8. The largest absolute Gasteiger partial charge is 0.396 e. The van der Waals surface area contributed by atoms with Crippen LogP contribution in [0.25, 0.3) is 0 Å². The van der Waals surface area contributed by atoms with E-state index in [-0.39, 0.29) is 18.5 Å². The molecule has 18 heavy (non-hydrogen) atoms. The third-order valence-electron chi connectivity index (χ3n) is 2.75. The summed E-state index contributed by atoms with van der Waals surface area (Å²) < 4.78 is 0.821. The average Bonchev–Trinajstić information content (AvgIpc) is 2.28. The summed E-state index contributed by atoms with van der Waals surface area (Å²) in [4.78, 5) is 2.15. The Morgan fingerprint density at radius 2 is 2.17 bits per heavy atom. The van der Waals surface area contributed by atoms with Crippen LogP contribution in [0, 0.1) is 5.41 Å². The maximum absolute atomic E-state index is 8.97. The first-order valence-electron chi connectivity index (χ1n) is 5.99. The van der Waals surface area contributed by atoms with Gasteiger partial charge >= 0.3 is 0 Å². The van der Waals surface area contributed by atoms with Crippen molar-refractivity contribution in [1.82, 2.24) is 0 Å². The molecule has 0 saturated carbocycles. The lowest BCUT2D eigenvalue weighted by atomic mass is 10.1. The molecule has 0 amide bonds. The standard InChI is InChI=1S/C13H20BrN3O/c1-9(2)17(7-4-8-18)11-6-3-5-10(14)12(11)13(15)16/h3,5-6,9,18H,4,7-8H2,1-2H3,(H3,15,16). The average molecular weight is 314 g/mol. The number of hydrogen-bond donors (Lipinski definition) is 3. The molecular formula is C13H20BrN3O. The van der Waals surface area contributed by atoms with Crippen LogP contribution < -0.4 is 10.6 Å². The summed E-state index contributed by atoms with van der Waals surface area (Å²) in [7, 11) is 0. The Balaban J connectivity index is 3.19. The number of rotatable bonds is 6. The molecule has 0 atom stereocenters. The highest BCUT2D eigenvalue weighted by molar-refractivity contribution is 9.10. The lowest BCUT2D eigenvalue weighted by Gasteiger charge is -2.31. The summed E-state index contributed by atoms with van der Waals surface area (Å²) in [6.07, 6.45) is 0.696. The first-order chi connectivity index (χ1) is 8.49. The molecule has 4 N–H and O–H groups in total. The van der Waals surface area contributed by atoms with Gasteiger partial charge in [-0.3, -0.25) is 5.41 Å². The highest BCUT2D eigenvalue weighted by Crippen LogP contribution is 2.28. The quantitative estimate of drug-likeness (QED) is 0.557. The van der Waals surface area contributed by atoms with E-state index in [2.05, 4.69) is 34.7 Å². The Labute approximate surface area is 116 Å². The SMILES string of the molecule is CC(C)N(CCCO)c1cccc(Br)c1C(=N)N. The van der Waals surface area contributed by atoms with E-state index in [1.807, 2.05) is 18.2 Å². The van der Waals surface area contributed by atoms with E-state index in [1.54, 1.807) is 0 Å². The van der Waals surface area contributed by atoms with Crippen molar-refractivity contribution < 1.29 is 5.11 Å². The Morgan fingerprint density at radius 1 is 1.50 bits per heavy atom. The van der Waals surface area contributed by atoms with Gasteiger partial charge in [-0.1, -0.05) is 6.07 Å². The lowest BCUT2D eigenvalue weighted by molar-refractivity contribution is 0.288. The second-order valence-corrected chi connectivity index (χ2v) is 5.27. The first kappa shape index (κ1) is 15.0. The van der Waals surface area contributed by atoms with Gasteiger partial charge in [0.2, 0.25) is 0 Å². The molecule has 1 rings (SSSR count). The fourth-order valence-corrected chi connectivity index (χ4v) is 2.49. The van der Waals surface area contributed by atoms with Crippen molar-refractivity contribution in [1.29, 1.82) is 5.41 Å². The molecule has 0 heterocycles. The number of nitrogen functional groups attached to an aromatic ring is 1. The minimum absolute atomic E-state index is 0.0483. The number of nitrogens with two attached hydrogens (primary N) is 1. The van der Waals surface area contributed by atoms with E-state index in [0.29, 0.717) is 12.0 Å². The molecule has 0 unspecified atom stereocenters. The van der Waals surface area contributed by atoms with Gasteiger partial charge in [-0.05, 0) is 48.3 Å². The van der Waals surface area contributed by atoms with E-state index >= 15 is 0 Å². The second kappa shape index (κ2) is 6.75. The minimum Gasteiger partial charge on any atom is -0.396 e. The number of benzene rings is 1. The number of halogens is 1. The molecule has 0 aliphatic carbocycles. The maximum atomic E-state index is 8.97. The summed E-state index contributed by atoms with van der Waals surface area (Å²) in [5, 5.41) is 16.7. The topological polar surface area (TPSA) is 73.3 Å². The molecule has 0 saturated heterocycles. The molecule has 0 spiro atoms. The molecule has 100 valence electrons. The third kappa shape index (κ3) is 3.46. The predicted molar refractivity (Wildman–Crippen MR) is 79.3 cm³/mol. The van der Waals surface area contributed by atoms with Crippen LogP contribution in [0.1, 0.15) is 25.8 Å². The minimum atomic E-state index is 0.0483. The molecule has 0 radical (unpaired) electrons. The van der Waals surface area contributed by atoms with E-state index in [0.717, 1.165) is 16.7 Å². The molecule has 1 aromatic carbocycles. The lowest BCUT2D eigenvalue weighted by Crippen LogP contribution is -2.34. The Morgan fingerprint density at radius 3 is 2.67 bits per heavy atom. The first-order valence-corrected chi connectivity index (χ1v) is 6.78. The number of hydrogen-bond acceptors (Lipinski definition) is 3. The fourth-order valence-electron chi connectivity index (χ4n) is 1.92. The number of aliphatic hydroxyl groups excluding tert-OH is 1. The molecular weight excluding hydrogens is 294 g/mol. The van der Waals surface area contributed by atoms with Crippen molar-refractivity contribution in [3.05, 3.63) is 28.2 Å². The van der Waals surface area contributed by atoms with E-state index in [4.69, 9.17) is 16.2 Å². The Hall–Kier alpha value is -1.07. The number of nitrogens with one attached hydrogen (secondary N) is 1. The van der Waals surface area contributed by atoms with Crippen LogP contribution in [-0.2, 0) is 0 Å². The van der Waals surface area contributed by atoms with Crippen molar-refractivity contribution in [3.63, 3.8) is 0 Å². The number of aliphatic hydroxyl groups is 1. The van der Waals surface area contributed by atoms with Crippen LogP contribution in [0.5, 0.6) is 0 Å². The van der Waals surface area contributed by atoms with Crippen LogP contribution in [0.15, 0.2) is 22.7 Å². The van der Waals surface area contributed by atoms with E-state index in [9.17, 15) is 0 Å². The zero-order valence-corrected chi connectivity index (χ0v) is 12.4. The van der Waals surface area contributed by atoms with Crippen molar-refractivity contribution in [3.8, 4) is 0 Å². The maximum Gasteiger partial charge on any atom is 0.126 e. The van der Waals surface area contributed by atoms with E-state index < -0.39 is 0 Å². The van der Waals surface area contributed by atoms with Gasteiger partial charge in [0, 0.05) is 29.4 Å².